The highest BCUT2D eigenvalue weighted by Gasteiger charge is 2.21. The summed E-state index contributed by atoms with van der Waals surface area (Å²) >= 11 is 7.14. The Morgan fingerprint density at radius 3 is 2.30 bits per heavy atom. The zero-order chi connectivity index (χ0) is 15.1. The third-order valence-corrected chi connectivity index (χ3v) is 4.38. The molecule has 0 atom stereocenters. The van der Waals surface area contributed by atoms with Gasteiger partial charge < -0.3 is 10.1 Å². The fourth-order valence-corrected chi connectivity index (χ4v) is 3.51. The lowest BCUT2D eigenvalue weighted by Crippen LogP contribution is -2.14. The standard InChI is InChI=1S/C15H18Br2N2O/c1-15(2,3)11-7-10(18-4)12-13(19-11)8(16)6-9(17)14(12)20-5/h6-7H,1-5H3,(H,18,19). The molecule has 2 rings (SSSR count). The maximum atomic E-state index is 5.53. The maximum absolute atomic E-state index is 5.53. The highest BCUT2D eigenvalue weighted by molar-refractivity contribution is 9.11. The maximum Gasteiger partial charge on any atom is 0.144 e. The Morgan fingerprint density at radius 1 is 1.15 bits per heavy atom. The first kappa shape index (κ1) is 15.6. The zero-order valence-electron chi connectivity index (χ0n) is 12.3. The molecule has 108 valence electrons. The lowest BCUT2D eigenvalue weighted by molar-refractivity contribution is 0.417. The lowest BCUT2D eigenvalue weighted by Gasteiger charge is -2.21. The molecule has 0 radical (unpaired) electrons. The van der Waals surface area contributed by atoms with Crippen molar-refractivity contribution in [3.63, 3.8) is 0 Å². The quantitative estimate of drug-likeness (QED) is 0.759. The van der Waals surface area contributed by atoms with Crippen LogP contribution in [0.2, 0.25) is 0 Å². The van der Waals surface area contributed by atoms with Crippen LogP contribution in [0.25, 0.3) is 10.9 Å². The van der Waals surface area contributed by atoms with Gasteiger partial charge in [0.25, 0.3) is 0 Å². The molecule has 0 aliphatic heterocycles. The van der Waals surface area contributed by atoms with Crippen LogP contribution < -0.4 is 10.1 Å². The summed E-state index contributed by atoms with van der Waals surface area (Å²) in [7, 11) is 3.58. The van der Waals surface area contributed by atoms with E-state index in [-0.39, 0.29) is 5.41 Å². The molecule has 0 aliphatic carbocycles. The number of methoxy groups -OCH3 is 1. The molecule has 2 aromatic rings. The minimum Gasteiger partial charge on any atom is -0.495 e. The highest BCUT2D eigenvalue weighted by atomic mass is 79.9. The Bertz CT molecular complexity index is 663. The summed E-state index contributed by atoms with van der Waals surface area (Å²) in [6, 6.07) is 4.06. The van der Waals surface area contributed by atoms with Crippen LogP contribution in [0.15, 0.2) is 21.1 Å². The summed E-state index contributed by atoms with van der Waals surface area (Å²) in [6.45, 7) is 6.47. The molecule has 1 N–H and O–H groups in total. The van der Waals surface area contributed by atoms with E-state index in [2.05, 4.69) is 64.0 Å². The van der Waals surface area contributed by atoms with Crippen molar-refractivity contribution in [1.29, 1.82) is 0 Å². The predicted octanol–water partition coefficient (Wildman–Crippen LogP) is 5.11. The van der Waals surface area contributed by atoms with E-state index < -0.39 is 0 Å². The molecule has 3 nitrogen and oxygen atoms in total. The first-order chi connectivity index (χ1) is 9.29. The second kappa shape index (κ2) is 5.53. The summed E-state index contributed by atoms with van der Waals surface area (Å²) < 4.78 is 7.38. The van der Waals surface area contributed by atoms with Gasteiger partial charge in [-0.2, -0.15) is 0 Å². The second-order valence-corrected chi connectivity index (χ2v) is 7.36. The lowest BCUT2D eigenvalue weighted by atomic mass is 9.90. The number of fused-ring (bicyclic) bond motifs is 1. The van der Waals surface area contributed by atoms with Crippen molar-refractivity contribution < 1.29 is 4.74 Å². The molecule has 1 aromatic heterocycles. The number of anilines is 1. The Labute approximate surface area is 136 Å². The fourth-order valence-electron chi connectivity index (χ4n) is 2.09. The number of hydrogen-bond donors (Lipinski definition) is 1. The fraction of sp³-hybridized carbons (Fsp3) is 0.400. The van der Waals surface area contributed by atoms with Gasteiger partial charge in [0, 0.05) is 28.3 Å². The van der Waals surface area contributed by atoms with Crippen LogP contribution in [0.1, 0.15) is 26.5 Å². The second-order valence-electron chi connectivity index (χ2n) is 5.65. The van der Waals surface area contributed by atoms with Crippen LogP contribution in [0, 0.1) is 0 Å². The zero-order valence-corrected chi connectivity index (χ0v) is 15.4. The Hall–Kier alpha value is -0.810. The molecule has 0 fully saturated rings. The van der Waals surface area contributed by atoms with Crippen molar-refractivity contribution >= 4 is 48.5 Å². The van der Waals surface area contributed by atoms with Gasteiger partial charge in [-0.25, -0.2) is 0 Å². The highest BCUT2D eigenvalue weighted by Crippen LogP contribution is 2.42. The summed E-state index contributed by atoms with van der Waals surface area (Å²) in [5.41, 5.74) is 2.94. The van der Waals surface area contributed by atoms with Gasteiger partial charge in [0.05, 0.1) is 22.5 Å². The number of ether oxygens (including phenoxy) is 1. The monoisotopic (exact) mass is 400 g/mol. The van der Waals surface area contributed by atoms with Crippen molar-refractivity contribution in [3.05, 3.63) is 26.8 Å². The molecule has 1 heterocycles. The third kappa shape index (κ3) is 2.66. The van der Waals surface area contributed by atoms with Crippen LogP contribution in [0.4, 0.5) is 5.69 Å². The molecule has 0 aliphatic rings. The van der Waals surface area contributed by atoms with Gasteiger partial charge in [-0.15, -0.1) is 0 Å². The van der Waals surface area contributed by atoms with Crippen LogP contribution in [0.3, 0.4) is 0 Å². The van der Waals surface area contributed by atoms with Gasteiger partial charge in [-0.1, -0.05) is 20.8 Å². The van der Waals surface area contributed by atoms with E-state index in [9.17, 15) is 0 Å². The number of hydrogen-bond acceptors (Lipinski definition) is 3. The average Bonchev–Trinajstić information content (AvgIpc) is 2.37. The largest absolute Gasteiger partial charge is 0.495 e. The predicted molar refractivity (Wildman–Crippen MR) is 91.9 cm³/mol. The molecule has 5 heteroatoms. The topological polar surface area (TPSA) is 34.2 Å². The normalized spacial score (nSPS) is 11.8. The van der Waals surface area contributed by atoms with E-state index in [1.807, 2.05) is 13.1 Å². The SMILES string of the molecule is CNc1cc(C(C)(C)C)nc2c(Br)cc(Br)c(OC)c12. The van der Waals surface area contributed by atoms with E-state index in [0.29, 0.717) is 0 Å². The summed E-state index contributed by atoms with van der Waals surface area (Å²) in [4.78, 5) is 4.82. The molecule has 20 heavy (non-hydrogen) atoms. The molecule has 0 spiro atoms. The summed E-state index contributed by atoms with van der Waals surface area (Å²) in [5.74, 6) is 0.792. The van der Waals surface area contributed by atoms with E-state index in [4.69, 9.17) is 9.72 Å². The van der Waals surface area contributed by atoms with Crippen LogP contribution in [0.5, 0.6) is 5.75 Å². The van der Waals surface area contributed by atoms with E-state index in [0.717, 1.165) is 37.0 Å². The number of nitrogens with zero attached hydrogens (tertiary/aromatic N) is 1. The molecule has 0 saturated heterocycles. The number of pyridine rings is 1. The van der Waals surface area contributed by atoms with Crippen LogP contribution >= 0.6 is 31.9 Å². The van der Waals surface area contributed by atoms with Crippen LogP contribution in [-0.2, 0) is 5.41 Å². The Balaban J connectivity index is 2.94. The first-order valence-electron chi connectivity index (χ1n) is 6.34. The van der Waals surface area contributed by atoms with E-state index in [1.165, 1.54) is 0 Å². The number of rotatable bonds is 2. The molecular formula is C15H18Br2N2O. The molecule has 0 unspecified atom stereocenters. The molecule has 1 aromatic carbocycles. The van der Waals surface area contributed by atoms with E-state index >= 15 is 0 Å². The minimum absolute atomic E-state index is 0.0143. The molecule has 0 saturated carbocycles. The van der Waals surface area contributed by atoms with Crippen molar-refractivity contribution in [3.8, 4) is 5.75 Å². The van der Waals surface area contributed by atoms with Gasteiger partial charge in [0.15, 0.2) is 0 Å². The Morgan fingerprint density at radius 2 is 1.80 bits per heavy atom. The van der Waals surface area contributed by atoms with Crippen molar-refractivity contribution in [2.24, 2.45) is 0 Å². The van der Waals surface area contributed by atoms with Gasteiger partial charge in [-0.3, -0.25) is 4.98 Å². The first-order valence-corrected chi connectivity index (χ1v) is 7.93. The van der Waals surface area contributed by atoms with Crippen molar-refractivity contribution in [2.45, 2.75) is 26.2 Å². The van der Waals surface area contributed by atoms with Gasteiger partial charge >= 0.3 is 0 Å². The third-order valence-electron chi connectivity index (χ3n) is 3.18. The number of nitrogens with one attached hydrogen (secondary N) is 1. The number of halogens is 2. The molecular weight excluding hydrogens is 384 g/mol. The average molecular weight is 402 g/mol. The smallest absolute Gasteiger partial charge is 0.144 e. The molecule has 0 bridgehead atoms. The summed E-state index contributed by atoms with van der Waals surface area (Å²) in [6.07, 6.45) is 0. The molecule has 0 amide bonds. The number of benzene rings is 1. The van der Waals surface area contributed by atoms with Crippen molar-refractivity contribution in [1.82, 2.24) is 4.98 Å². The van der Waals surface area contributed by atoms with Gasteiger partial charge in [-0.05, 0) is 44.0 Å². The minimum atomic E-state index is -0.0143. The van der Waals surface area contributed by atoms with Gasteiger partial charge in [0.2, 0.25) is 0 Å². The van der Waals surface area contributed by atoms with Crippen molar-refractivity contribution in [2.75, 3.05) is 19.5 Å². The number of aromatic nitrogens is 1. The van der Waals surface area contributed by atoms with Crippen LogP contribution in [-0.4, -0.2) is 19.1 Å². The van der Waals surface area contributed by atoms with Gasteiger partial charge in [0.1, 0.15) is 5.75 Å². The summed E-state index contributed by atoms with van der Waals surface area (Å²) in [5, 5.41) is 4.23. The van der Waals surface area contributed by atoms with E-state index in [1.54, 1.807) is 7.11 Å². The Kier molecular flexibility index (Phi) is 4.30.